The molecule has 1 aromatic carbocycles. The van der Waals surface area contributed by atoms with Crippen LogP contribution in [0.1, 0.15) is 5.56 Å². The van der Waals surface area contributed by atoms with Crippen molar-refractivity contribution in [2.45, 2.75) is 6.16 Å². The van der Waals surface area contributed by atoms with Crippen LogP contribution in [0.15, 0.2) is 24.3 Å². The topological polar surface area (TPSA) is 180 Å². The van der Waals surface area contributed by atoms with Gasteiger partial charge in [0.15, 0.2) is 0 Å². The quantitative estimate of drug-likeness (QED) is 0.0813. The van der Waals surface area contributed by atoms with E-state index < -0.39 is 26.1 Å². The monoisotopic (exact) mass is 501 g/mol. The Morgan fingerprint density at radius 1 is 0.882 bits per heavy atom. The molecule has 34 heavy (non-hydrogen) atoms. The number of carbonyl (C=O) groups is 3. The van der Waals surface area contributed by atoms with Gasteiger partial charge in [-0.25, -0.2) is 0 Å². The van der Waals surface area contributed by atoms with E-state index in [4.69, 9.17) is 15.9 Å². The van der Waals surface area contributed by atoms with Crippen LogP contribution in [0.4, 0.5) is 5.69 Å². The van der Waals surface area contributed by atoms with Gasteiger partial charge in [0.2, 0.25) is 0 Å². The summed E-state index contributed by atoms with van der Waals surface area (Å²) in [7, 11) is 0.318. The molecule has 1 atom stereocenters. The molecule has 7 N–H and O–H groups in total. The minimum Gasteiger partial charge on any atom is -0.480 e. The van der Waals surface area contributed by atoms with Gasteiger partial charge < -0.3 is 31.3 Å². The molecule has 0 aliphatic rings. The van der Waals surface area contributed by atoms with Crippen molar-refractivity contribution in [2.75, 3.05) is 78.0 Å². The molecule has 0 amide bonds. The fourth-order valence-corrected chi connectivity index (χ4v) is 4.64. The summed E-state index contributed by atoms with van der Waals surface area (Å²) in [5, 5.41) is 29.6. The molecule has 13 heteroatoms. The van der Waals surface area contributed by atoms with Gasteiger partial charge in [-0.1, -0.05) is 12.1 Å². The molecule has 0 saturated carbocycles. The minimum atomic E-state index is -1.38. The maximum absolute atomic E-state index is 11.2. The minimum absolute atomic E-state index is 0.104. The van der Waals surface area contributed by atoms with Crippen molar-refractivity contribution in [2.24, 2.45) is 0 Å². The molecule has 0 aliphatic heterocycles. The lowest BCUT2D eigenvalue weighted by Gasteiger charge is -2.29. The lowest BCUT2D eigenvalue weighted by atomic mass is 10.2. The van der Waals surface area contributed by atoms with Crippen molar-refractivity contribution in [1.29, 1.82) is 0 Å². The summed E-state index contributed by atoms with van der Waals surface area (Å²) in [6.07, 6.45) is 0.869. The third kappa shape index (κ3) is 14.7. The normalized spacial score (nSPS) is 12.4. The molecule has 12 nitrogen and oxygen atoms in total. The summed E-state index contributed by atoms with van der Waals surface area (Å²) < 4.78 is 0. The van der Waals surface area contributed by atoms with E-state index in [2.05, 4.69) is 5.32 Å². The SMILES string of the molecule is CN(CCN(CCN(CCNCC(=O)O)CC(=O)O)CP(O)Cc1ccc(N)cc1)CC(=O)O. The summed E-state index contributed by atoms with van der Waals surface area (Å²) in [6.45, 7) is 2.01. The number of carboxylic acid groups (broad SMARTS) is 3. The van der Waals surface area contributed by atoms with Gasteiger partial charge in [-0.05, 0) is 24.7 Å². The van der Waals surface area contributed by atoms with Gasteiger partial charge in [-0.2, -0.15) is 0 Å². The molecule has 0 aliphatic carbocycles. The Kier molecular flexibility index (Phi) is 14.2. The Morgan fingerprint density at radius 3 is 2.06 bits per heavy atom. The molecule has 1 aromatic rings. The zero-order valence-electron chi connectivity index (χ0n) is 19.5. The fraction of sp³-hybridized carbons (Fsp3) is 0.571. The van der Waals surface area contributed by atoms with E-state index in [9.17, 15) is 24.4 Å². The third-order valence-corrected chi connectivity index (χ3v) is 6.34. The van der Waals surface area contributed by atoms with Gasteiger partial charge in [-0.3, -0.25) is 29.1 Å². The Hall–Kier alpha value is -2.34. The molecule has 192 valence electrons. The van der Waals surface area contributed by atoms with Crippen LogP contribution in [0.3, 0.4) is 0 Å². The van der Waals surface area contributed by atoms with Crippen molar-refractivity contribution in [3.8, 4) is 0 Å². The van der Waals surface area contributed by atoms with Crippen LogP contribution in [-0.2, 0) is 20.5 Å². The number of likely N-dealkylation sites (N-methyl/N-ethyl adjacent to an activating group) is 1. The Labute approximate surface area is 200 Å². The number of nitrogens with two attached hydrogens (primary N) is 1. The van der Waals surface area contributed by atoms with Crippen LogP contribution in [0.25, 0.3) is 0 Å². The molecule has 1 unspecified atom stereocenters. The summed E-state index contributed by atoms with van der Waals surface area (Å²) in [4.78, 5) is 48.9. The van der Waals surface area contributed by atoms with Gasteiger partial charge >= 0.3 is 17.9 Å². The molecule has 0 bridgehead atoms. The highest BCUT2D eigenvalue weighted by Crippen LogP contribution is 2.35. The fourth-order valence-electron chi connectivity index (χ4n) is 3.17. The predicted octanol–water partition coefficient (Wildman–Crippen LogP) is -0.505. The molecule has 0 aromatic heterocycles. The van der Waals surface area contributed by atoms with Crippen LogP contribution in [0, 0.1) is 0 Å². The third-order valence-electron chi connectivity index (χ3n) is 4.88. The second kappa shape index (κ2) is 16.3. The number of carboxylic acids is 3. The largest absolute Gasteiger partial charge is 0.480 e. The van der Waals surface area contributed by atoms with E-state index in [0.29, 0.717) is 57.4 Å². The number of aliphatic carboxylic acids is 3. The summed E-state index contributed by atoms with van der Waals surface area (Å²) in [6, 6.07) is 7.29. The van der Waals surface area contributed by atoms with Gasteiger partial charge in [0.25, 0.3) is 0 Å². The zero-order valence-corrected chi connectivity index (χ0v) is 20.4. The van der Waals surface area contributed by atoms with E-state index in [1.54, 1.807) is 29.0 Å². The molecule has 0 heterocycles. The number of nitrogens with one attached hydrogen (secondary N) is 1. The number of hydrogen-bond donors (Lipinski definition) is 6. The molecule has 0 fully saturated rings. The van der Waals surface area contributed by atoms with E-state index in [1.165, 1.54) is 0 Å². The predicted molar refractivity (Wildman–Crippen MR) is 130 cm³/mol. The smallest absolute Gasteiger partial charge is 0.317 e. The average Bonchev–Trinajstić information content (AvgIpc) is 2.73. The lowest BCUT2D eigenvalue weighted by molar-refractivity contribution is -0.139. The zero-order chi connectivity index (χ0) is 25.5. The highest BCUT2D eigenvalue weighted by molar-refractivity contribution is 7.50. The van der Waals surface area contributed by atoms with E-state index in [0.717, 1.165) is 5.56 Å². The number of nitrogen functional groups attached to an aromatic ring is 1. The summed E-state index contributed by atoms with van der Waals surface area (Å²) >= 11 is 0. The van der Waals surface area contributed by atoms with Crippen molar-refractivity contribution in [3.05, 3.63) is 29.8 Å². The molecule has 0 saturated heterocycles. The first-order chi connectivity index (χ1) is 16.0. The summed E-state index contributed by atoms with van der Waals surface area (Å²) in [5.74, 6) is -2.90. The van der Waals surface area contributed by atoms with Crippen LogP contribution in [0.2, 0.25) is 0 Å². The van der Waals surface area contributed by atoms with Crippen molar-refractivity contribution >= 4 is 31.7 Å². The van der Waals surface area contributed by atoms with Crippen molar-refractivity contribution < 1.29 is 34.6 Å². The van der Waals surface area contributed by atoms with E-state index in [-0.39, 0.29) is 19.6 Å². The Morgan fingerprint density at radius 2 is 1.47 bits per heavy atom. The number of nitrogens with zero attached hydrogens (tertiary/aromatic N) is 3. The standard InChI is InChI=1S/C21H36N5O7P/c1-24(13-20(29)30)8-9-26(16-34(33)15-17-2-4-18(22)5-3-17)11-10-25(14-21(31)32)7-6-23-12-19(27)28/h2-5,23,33H,6-16,22H2,1H3,(H,27,28)(H,29,30)(H,31,32). The first kappa shape index (κ1) is 29.7. The molecule has 0 spiro atoms. The van der Waals surface area contributed by atoms with Crippen LogP contribution >= 0.6 is 8.15 Å². The molecular weight excluding hydrogens is 465 g/mol. The van der Waals surface area contributed by atoms with Crippen molar-refractivity contribution in [1.82, 2.24) is 20.0 Å². The summed E-state index contributed by atoms with van der Waals surface area (Å²) in [5.41, 5.74) is 7.31. The maximum atomic E-state index is 11.2. The van der Waals surface area contributed by atoms with Crippen molar-refractivity contribution in [3.63, 3.8) is 0 Å². The van der Waals surface area contributed by atoms with Crippen LogP contribution < -0.4 is 11.1 Å². The second-order valence-corrected chi connectivity index (χ2v) is 9.65. The first-order valence-corrected chi connectivity index (χ1v) is 12.5. The Bertz CT molecular complexity index is 768. The van der Waals surface area contributed by atoms with Gasteiger partial charge in [0.05, 0.1) is 19.6 Å². The number of rotatable bonds is 19. The first-order valence-electron chi connectivity index (χ1n) is 10.8. The van der Waals surface area contributed by atoms with E-state index >= 15 is 0 Å². The average molecular weight is 502 g/mol. The lowest BCUT2D eigenvalue weighted by Crippen LogP contribution is -2.43. The number of hydrogen-bond acceptors (Lipinski definition) is 9. The highest BCUT2D eigenvalue weighted by atomic mass is 31.1. The Balaban J connectivity index is 2.71. The van der Waals surface area contributed by atoms with Crippen LogP contribution in [0.5, 0.6) is 0 Å². The van der Waals surface area contributed by atoms with Gasteiger partial charge in [0.1, 0.15) is 0 Å². The molecule has 0 radical (unpaired) electrons. The van der Waals surface area contributed by atoms with Crippen LogP contribution in [-0.4, -0.2) is 125 Å². The number of anilines is 1. The van der Waals surface area contributed by atoms with E-state index in [1.807, 2.05) is 17.0 Å². The highest BCUT2D eigenvalue weighted by Gasteiger charge is 2.17. The maximum Gasteiger partial charge on any atom is 0.317 e. The van der Waals surface area contributed by atoms with Gasteiger partial charge in [-0.15, -0.1) is 0 Å². The van der Waals surface area contributed by atoms with Gasteiger partial charge in [0, 0.05) is 65.6 Å². The molecular formula is C21H36N5O7P. The number of benzene rings is 1. The second-order valence-electron chi connectivity index (χ2n) is 8.04. The molecule has 1 rings (SSSR count).